The van der Waals surface area contributed by atoms with Crippen LogP contribution in [-0.4, -0.2) is 11.3 Å². The molecule has 1 N–H and O–H groups in total. The molecule has 3 aromatic carbocycles. The lowest BCUT2D eigenvalue weighted by Gasteiger charge is -2.28. The summed E-state index contributed by atoms with van der Waals surface area (Å²) in [5.41, 5.74) is 3.93. The van der Waals surface area contributed by atoms with Crippen LogP contribution in [-0.2, 0) is 12.0 Å². The SMILES string of the molecule is Cc1c(Cl)cc(C2(Cc3ccccc3-c3ccccc3)C=CC=N2)c(O)c1Cl. The number of nitrogens with zero attached hydrogens (tertiary/aromatic N) is 1. The molecule has 0 bridgehead atoms. The van der Waals surface area contributed by atoms with Gasteiger partial charge < -0.3 is 5.11 Å². The van der Waals surface area contributed by atoms with Gasteiger partial charge in [0.05, 0.1) is 5.02 Å². The fourth-order valence-electron chi connectivity index (χ4n) is 3.68. The van der Waals surface area contributed by atoms with E-state index in [4.69, 9.17) is 28.2 Å². The van der Waals surface area contributed by atoms with Crippen molar-refractivity contribution in [2.24, 2.45) is 4.99 Å². The van der Waals surface area contributed by atoms with E-state index in [1.165, 1.54) is 0 Å². The van der Waals surface area contributed by atoms with E-state index in [0.29, 0.717) is 22.6 Å². The Kier molecular flexibility index (Phi) is 5.01. The van der Waals surface area contributed by atoms with Crippen molar-refractivity contribution in [1.82, 2.24) is 0 Å². The number of aromatic hydroxyl groups is 1. The number of benzene rings is 3. The van der Waals surface area contributed by atoms with Crippen LogP contribution in [0.25, 0.3) is 11.1 Å². The highest BCUT2D eigenvalue weighted by Crippen LogP contribution is 2.46. The predicted octanol–water partition coefficient (Wildman–Crippen LogP) is 6.75. The summed E-state index contributed by atoms with van der Waals surface area (Å²) in [6.07, 6.45) is 6.22. The second kappa shape index (κ2) is 7.46. The summed E-state index contributed by atoms with van der Waals surface area (Å²) in [4.78, 5) is 4.73. The fraction of sp³-hybridized carbons (Fsp3) is 0.125. The third kappa shape index (κ3) is 3.23. The lowest BCUT2D eigenvalue weighted by atomic mass is 9.81. The van der Waals surface area contributed by atoms with Crippen LogP contribution in [0.1, 0.15) is 16.7 Å². The van der Waals surface area contributed by atoms with Crippen molar-refractivity contribution >= 4 is 29.4 Å². The summed E-state index contributed by atoms with van der Waals surface area (Å²) in [6.45, 7) is 1.79. The minimum absolute atomic E-state index is 0.0319. The Labute approximate surface area is 174 Å². The number of rotatable bonds is 4. The zero-order chi connectivity index (χ0) is 19.7. The average molecular weight is 408 g/mol. The molecule has 0 saturated heterocycles. The molecule has 0 amide bonds. The number of hydrogen-bond donors (Lipinski definition) is 1. The Balaban J connectivity index is 1.85. The molecule has 0 aliphatic carbocycles. The zero-order valence-electron chi connectivity index (χ0n) is 15.4. The number of halogens is 2. The molecular formula is C24H19Cl2NO. The minimum atomic E-state index is -0.754. The summed E-state index contributed by atoms with van der Waals surface area (Å²) in [5.74, 6) is 0.0319. The molecule has 0 radical (unpaired) electrons. The Bertz CT molecular complexity index is 1080. The minimum Gasteiger partial charge on any atom is -0.506 e. The van der Waals surface area contributed by atoms with Crippen molar-refractivity contribution in [2.45, 2.75) is 18.9 Å². The van der Waals surface area contributed by atoms with E-state index in [0.717, 1.165) is 16.7 Å². The van der Waals surface area contributed by atoms with Crippen LogP contribution in [0.2, 0.25) is 10.0 Å². The molecule has 4 rings (SSSR count). The number of phenols is 1. The first-order chi connectivity index (χ1) is 13.5. The van der Waals surface area contributed by atoms with Crippen LogP contribution in [0.15, 0.2) is 77.8 Å². The van der Waals surface area contributed by atoms with E-state index < -0.39 is 5.54 Å². The summed E-state index contributed by atoms with van der Waals surface area (Å²) >= 11 is 12.7. The van der Waals surface area contributed by atoms with Gasteiger partial charge in [0.2, 0.25) is 0 Å². The van der Waals surface area contributed by atoms with Gasteiger partial charge in [-0.15, -0.1) is 0 Å². The van der Waals surface area contributed by atoms with Crippen LogP contribution >= 0.6 is 23.2 Å². The quantitative estimate of drug-likeness (QED) is 0.509. The van der Waals surface area contributed by atoms with E-state index >= 15 is 0 Å². The highest BCUT2D eigenvalue weighted by atomic mass is 35.5. The maximum Gasteiger partial charge on any atom is 0.140 e. The molecule has 0 saturated carbocycles. The van der Waals surface area contributed by atoms with Gasteiger partial charge in [0.25, 0.3) is 0 Å². The lowest BCUT2D eigenvalue weighted by molar-refractivity contribution is 0.445. The third-order valence-corrected chi connectivity index (χ3v) is 6.07. The highest BCUT2D eigenvalue weighted by molar-refractivity contribution is 6.37. The maximum atomic E-state index is 10.8. The van der Waals surface area contributed by atoms with Crippen LogP contribution in [0, 0.1) is 6.92 Å². The molecule has 2 nitrogen and oxygen atoms in total. The van der Waals surface area contributed by atoms with Crippen LogP contribution in [0.4, 0.5) is 0 Å². The van der Waals surface area contributed by atoms with Crippen LogP contribution < -0.4 is 0 Å². The van der Waals surface area contributed by atoms with Gasteiger partial charge in [0.1, 0.15) is 11.3 Å². The van der Waals surface area contributed by atoms with Crippen molar-refractivity contribution in [3.05, 3.63) is 99.6 Å². The molecule has 0 aromatic heterocycles. The maximum absolute atomic E-state index is 10.8. The summed E-state index contributed by atoms with van der Waals surface area (Å²) in [7, 11) is 0. The Morgan fingerprint density at radius 2 is 1.71 bits per heavy atom. The smallest absolute Gasteiger partial charge is 0.140 e. The molecule has 3 aromatic rings. The standard InChI is InChI=1S/C24H19Cl2NO/c1-16-21(25)14-20(23(28)22(16)26)24(12-7-13-27-24)15-18-10-5-6-11-19(18)17-8-3-2-4-9-17/h2-14,28H,15H2,1H3. The number of allylic oxidation sites excluding steroid dienone is 1. The van der Waals surface area contributed by atoms with Gasteiger partial charge in [-0.25, -0.2) is 0 Å². The molecule has 1 atom stereocenters. The molecule has 1 aliphatic heterocycles. The fourth-order valence-corrected chi connectivity index (χ4v) is 4.13. The molecule has 4 heteroatoms. The van der Waals surface area contributed by atoms with Crippen molar-refractivity contribution in [2.75, 3.05) is 0 Å². The van der Waals surface area contributed by atoms with Gasteiger partial charge in [-0.2, -0.15) is 0 Å². The van der Waals surface area contributed by atoms with E-state index in [9.17, 15) is 5.11 Å². The molecule has 28 heavy (non-hydrogen) atoms. The molecule has 1 heterocycles. The summed E-state index contributed by atoms with van der Waals surface area (Å²) in [5, 5.41) is 11.6. The molecular weight excluding hydrogens is 389 g/mol. The topological polar surface area (TPSA) is 32.6 Å². The number of aliphatic imine (C=N–C) groups is 1. The number of hydrogen-bond acceptors (Lipinski definition) is 2. The molecule has 140 valence electrons. The summed E-state index contributed by atoms with van der Waals surface area (Å²) < 4.78 is 0. The molecule has 0 fully saturated rings. The second-order valence-corrected chi connectivity index (χ2v) is 7.74. The molecule has 1 unspecified atom stereocenters. The monoisotopic (exact) mass is 407 g/mol. The first kappa shape index (κ1) is 18.8. The number of phenolic OH excluding ortho intramolecular Hbond substituents is 1. The normalized spacial score (nSPS) is 18.0. The first-order valence-electron chi connectivity index (χ1n) is 9.06. The van der Waals surface area contributed by atoms with Crippen molar-refractivity contribution in [1.29, 1.82) is 0 Å². The van der Waals surface area contributed by atoms with E-state index in [2.05, 4.69) is 24.3 Å². The van der Waals surface area contributed by atoms with E-state index in [-0.39, 0.29) is 10.8 Å². The van der Waals surface area contributed by atoms with Crippen LogP contribution in [0.5, 0.6) is 5.75 Å². The van der Waals surface area contributed by atoms with E-state index in [1.807, 2.05) is 42.5 Å². The predicted molar refractivity (Wildman–Crippen MR) is 118 cm³/mol. The zero-order valence-corrected chi connectivity index (χ0v) is 16.9. The van der Waals surface area contributed by atoms with Gasteiger partial charge in [-0.1, -0.05) is 83.9 Å². The Morgan fingerprint density at radius 1 is 1.00 bits per heavy atom. The van der Waals surface area contributed by atoms with Crippen molar-refractivity contribution in [3.63, 3.8) is 0 Å². The first-order valence-corrected chi connectivity index (χ1v) is 9.82. The van der Waals surface area contributed by atoms with Gasteiger partial charge in [0, 0.05) is 23.2 Å². The van der Waals surface area contributed by atoms with Gasteiger partial charge in [-0.05, 0) is 41.3 Å². The highest BCUT2D eigenvalue weighted by Gasteiger charge is 2.35. The Hall–Kier alpha value is -2.55. The van der Waals surface area contributed by atoms with Gasteiger partial charge in [0.15, 0.2) is 0 Å². The largest absolute Gasteiger partial charge is 0.506 e. The van der Waals surface area contributed by atoms with Crippen LogP contribution in [0.3, 0.4) is 0 Å². The average Bonchev–Trinajstić information content (AvgIpc) is 3.19. The second-order valence-electron chi connectivity index (χ2n) is 6.96. The lowest BCUT2D eigenvalue weighted by Crippen LogP contribution is -2.23. The Morgan fingerprint density at radius 3 is 2.43 bits per heavy atom. The van der Waals surface area contributed by atoms with Gasteiger partial charge >= 0.3 is 0 Å². The third-order valence-electron chi connectivity index (χ3n) is 5.21. The van der Waals surface area contributed by atoms with E-state index in [1.54, 1.807) is 19.2 Å². The molecule has 0 spiro atoms. The van der Waals surface area contributed by atoms with Gasteiger partial charge in [-0.3, -0.25) is 4.99 Å². The van der Waals surface area contributed by atoms with Crippen molar-refractivity contribution in [3.8, 4) is 16.9 Å². The van der Waals surface area contributed by atoms with Crippen molar-refractivity contribution < 1.29 is 5.11 Å². The summed E-state index contributed by atoms with van der Waals surface area (Å²) in [6, 6.07) is 20.3. The molecule has 1 aliphatic rings.